The van der Waals surface area contributed by atoms with Crippen molar-refractivity contribution in [2.45, 2.75) is 19.0 Å². The number of ether oxygens (including phenoxy) is 1. The number of nitrogens with one attached hydrogen (secondary N) is 2. The number of benzene rings is 1. The van der Waals surface area contributed by atoms with Crippen molar-refractivity contribution in [2.75, 3.05) is 23.9 Å². The fourth-order valence-corrected chi connectivity index (χ4v) is 3.98. The Morgan fingerprint density at radius 1 is 1.30 bits per heavy atom. The van der Waals surface area contributed by atoms with Crippen LogP contribution in [-0.2, 0) is 9.53 Å². The average molecular weight is 423 g/mol. The second kappa shape index (κ2) is 8.64. The maximum Gasteiger partial charge on any atom is 0.250 e. The molecule has 1 aromatic carbocycles. The van der Waals surface area contributed by atoms with E-state index in [0.717, 1.165) is 28.4 Å². The van der Waals surface area contributed by atoms with Gasteiger partial charge in [-0.25, -0.2) is 0 Å². The smallest absolute Gasteiger partial charge is 0.250 e. The van der Waals surface area contributed by atoms with Crippen LogP contribution in [0.2, 0.25) is 0 Å². The lowest BCUT2D eigenvalue weighted by molar-refractivity contribution is -0.119. The quantitative estimate of drug-likeness (QED) is 0.586. The molecule has 8 heteroatoms. The van der Waals surface area contributed by atoms with Gasteiger partial charge in [0.05, 0.1) is 18.0 Å². The van der Waals surface area contributed by atoms with Gasteiger partial charge in [-0.1, -0.05) is 6.07 Å². The summed E-state index contributed by atoms with van der Waals surface area (Å²) in [5, 5.41) is 6.83. The first-order chi connectivity index (χ1) is 14.6. The summed E-state index contributed by atoms with van der Waals surface area (Å²) in [6.45, 7) is 1.95. The van der Waals surface area contributed by atoms with E-state index in [4.69, 9.17) is 21.4 Å². The van der Waals surface area contributed by atoms with Crippen molar-refractivity contribution in [1.29, 1.82) is 0 Å². The maximum absolute atomic E-state index is 11.9. The van der Waals surface area contributed by atoms with Gasteiger partial charge >= 0.3 is 0 Å². The topological polar surface area (TPSA) is 79.6 Å². The number of hydrogen-bond donors (Lipinski definition) is 2. The van der Waals surface area contributed by atoms with Crippen molar-refractivity contribution in [3.05, 3.63) is 78.0 Å². The van der Waals surface area contributed by atoms with Crippen LogP contribution < -0.4 is 15.5 Å². The van der Waals surface area contributed by atoms with E-state index in [1.54, 1.807) is 12.5 Å². The summed E-state index contributed by atoms with van der Waals surface area (Å²) in [5.74, 6) is 0.587. The van der Waals surface area contributed by atoms with Crippen LogP contribution in [0.25, 0.3) is 0 Å². The van der Waals surface area contributed by atoms with Crippen molar-refractivity contribution in [3.8, 4) is 0 Å². The Bertz CT molecular complexity index is 1040. The highest BCUT2D eigenvalue weighted by Gasteiger charge is 2.42. The van der Waals surface area contributed by atoms with Crippen LogP contribution in [0.5, 0.6) is 0 Å². The number of amides is 1. The molecular formula is C22H22N4O3S. The third-order valence-electron chi connectivity index (χ3n) is 4.97. The highest BCUT2D eigenvalue weighted by atomic mass is 32.1. The SMILES string of the molecule is COCC(=O)Nc1ccc(N2C(=S)N[C@@H](c3ccccn3)[C@H]2c2ccco2)cc1C. The second-order valence-electron chi connectivity index (χ2n) is 6.99. The van der Waals surface area contributed by atoms with Crippen LogP contribution in [0.4, 0.5) is 11.4 Å². The number of nitrogens with zero attached hydrogens (tertiary/aromatic N) is 2. The van der Waals surface area contributed by atoms with Gasteiger partial charge in [0, 0.05) is 24.7 Å². The van der Waals surface area contributed by atoms with Crippen LogP contribution in [0.3, 0.4) is 0 Å². The van der Waals surface area contributed by atoms with Gasteiger partial charge in [-0.3, -0.25) is 9.78 Å². The van der Waals surface area contributed by atoms with Crippen LogP contribution in [0.1, 0.15) is 29.1 Å². The zero-order chi connectivity index (χ0) is 21.1. The maximum atomic E-state index is 11.9. The average Bonchev–Trinajstić information content (AvgIpc) is 3.38. The molecular weight excluding hydrogens is 400 g/mol. The first-order valence-electron chi connectivity index (χ1n) is 9.52. The van der Waals surface area contributed by atoms with E-state index in [1.807, 2.05) is 60.4 Å². The molecule has 0 spiro atoms. The number of aromatic nitrogens is 1. The van der Waals surface area contributed by atoms with Crippen LogP contribution in [-0.4, -0.2) is 29.7 Å². The lowest BCUT2D eigenvalue weighted by Gasteiger charge is -2.26. The number of carbonyl (C=O) groups is 1. The van der Waals surface area contributed by atoms with Gasteiger partial charge in [-0.05, 0) is 67.2 Å². The molecule has 0 unspecified atom stereocenters. The van der Waals surface area contributed by atoms with Crippen molar-refractivity contribution in [2.24, 2.45) is 0 Å². The first kappa shape index (κ1) is 20.1. The van der Waals surface area contributed by atoms with E-state index in [0.29, 0.717) is 5.11 Å². The van der Waals surface area contributed by atoms with Crippen LogP contribution in [0, 0.1) is 6.92 Å². The number of carbonyl (C=O) groups excluding carboxylic acids is 1. The number of methoxy groups -OCH3 is 1. The zero-order valence-corrected chi connectivity index (χ0v) is 17.5. The number of furan rings is 1. The Hall–Kier alpha value is -3.23. The Morgan fingerprint density at radius 2 is 2.17 bits per heavy atom. The van der Waals surface area contributed by atoms with E-state index in [9.17, 15) is 4.79 Å². The Kier molecular flexibility index (Phi) is 5.78. The third kappa shape index (κ3) is 3.92. The molecule has 2 atom stereocenters. The molecule has 3 heterocycles. The van der Waals surface area contributed by atoms with Crippen molar-refractivity contribution in [1.82, 2.24) is 10.3 Å². The molecule has 1 aliphatic heterocycles. The van der Waals surface area contributed by atoms with E-state index in [2.05, 4.69) is 15.6 Å². The standard InChI is InChI=1S/C22H22N4O3S/c1-14-12-15(8-9-16(14)24-19(27)13-28-2)26-21(18-7-5-11-29-18)20(25-22(26)30)17-6-3-4-10-23-17/h3-12,20-21H,13H2,1-2H3,(H,24,27)(H,25,30)/t20-,21+/m0/s1. The molecule has 0 saturated carbocycles. The van der Waals surface area contributed by atoms with Gasteiger partial charge in [0.25, 0.3) is 0 Å². The predicted molar refractivity (Wildman–Crippen MR) is 118 cm³/mol. The summed E-state index contributed by atoms with van der Waals surface area (Å²) in [6, 6.07) is 15.1. The van der Waals surface area contributed by atoms with Crippen LogP contribution in [0.15, 0.2) is 65.4 Å². The fourth-order valence-electron chi connectivity index (χ4n) is 3.64. The minimum absolute atomic E-state index is 0.00758. The van der Waals surface area contributed by atoms with Gasteiger partial charge < -0.3 is 24.7 Å². The largest absolute Gasteiger partial charge is 0.467 e. The number of hydrogen-bond acceptors (Lipinski definition) is 5. The lowest BCUT2D eigenvalue weighted by Crippen LogP contribution is -2.29. The molecule has 1 amide bonds. The van der Waals surface area contributed by atoms with E-state index in [-0.39, 0.29) is 24.6 Å². The molecule has 1 fully saturated rings. The van der Waals surface area contributed by atoms with Gasteiger partial charge in [0.15, 0.2) is 5.11 Å². The zero-order valence-electron chi connectivity index (χ0n) is 16.7. The third-order valence-corrected chi connectivity index (χ3v) is 5.29. The number of thiocarbonyl (C=S) groups is 1. The minimum atomic E-state index is -0.199. The normalized spacial score (nSPS) is 18.3. The molecule has 2 N–H and O–H groups in total. The molecule has 154 valence electrons. The molecule has 1 saturated heterocycles. The molecule has 30 heavy (non-hydrogen) atoms. The van der Waals surface area contributed by atoms with Crippen molar-refractivity contribution < 1.29 is 13.9 Å². The Labute approximate surface area is 180 Å². The Morgan fingerprint density at radius 3 is 2.83 bits per heavy atom. The number of rotatable bonds is 6. The number of pyridine rings is 1. The van der Waals surface area contributed by atoms with Crippen molar-refractivity contribution in [3.63, 3.8) is 0 Å². The van der Waals surface area contributed by atoms with Crippen LogP contribution >= 0.6 is 12.2 Å². The summed E-state index contributed by atoms with van der Waals surface area (Å²) < 4.78 is 10.6. The molecule has 0 bridgehead atoms. The summed E-state index contributed by atoms with van der Waals surface area (Å²) in [5.41, 5.74) is 3.42. The monoisotopic (exact) mass is 422 g/mol. The van der Waals surface area contributed by atoms with Crippen molar-refractivity contribution >= 4 is 34.6 Å². The number of anilines is 2. The first-order valence-corrected chi connectivity index (χ1v) is 9.93. The molecule has 3 aromatic rings. The molecule has 7 nitrogen and oxygen atoms in total. The molecule has 2 aromatic heterocycles. The lowest BCUT2D eigenvalue weighted by atomic mass is 10.0. The molecule has 4 rings (SSSR count). The number of aryl methyl sites for hydroxylation is 1. The fraction of sp³-hybridized carbons (Fsp3) is 0.227. The second-order valence-corrected chi connectivity index (χ2v) is 7.38. The van der Waals surface area contributed by atoms with E-state index in [1.165, 1.54) is 7.11 Å². The highest BCUT2D eigenvalue weighted by Crippen LogP contribution is 2.42. The predicted octanol–water partition coefficient (Wildman–Crippen LogP) is 3.75. The van der Waals surface area contributed by atoms with Gasteiger partial charge in [0.2, 0.25) is 5.91 Å². The van der Waals surface area contributed by atoms with E-state index < -0.39 is 0 Å². The molecule has 0 aliphatic carbocycles. The molecule has 1 aliphatic rings. The summed E-state index contributed by atoms with van der Waals surface area (Å²) in [4.78, 5) is 18.4. The Balaban J connectivity index is 1.69. The summed E-state index contributed by atoms with van der Waals surface area (Å²) in [6.07, 6.45) is 3.42. The minimum Gasteiger partial charge on any atom is -0.467 e. The van der Waals surface area contributed by atoms with Gasteiger partial charge in [-0.15, -0.1) is 0 Å². The summed E-state index contributed by atoms with van der Waals surface area (Å²) >= 11 is 5.69. The molecule has 0 radical (unpaired) electrons. The van der Waals surface area contributed by atoms with Gasteiger partial charge in [0.1, 0.15) is 18.4 Å². The highest BCUT2D eigenvalue weighted by molar-refractivity contribution is 7.80. The van der Waals surface area contributed by atoms with Gasteiger partial charge in [-0.2, -0.15) is 0 Å². The van der Waals surface area contributed by atoms with E-state index >= 15 is 0 Å². The summed E-state index contributed by atoms with van der Waals surface area (Å²) in [7, 11) is 1.49.